The number of hydrogen-bond donors (Lipinski definition) is 1. The average Bonchev–Trinajstić information content (AvgIpc) is 2.11. The van der Waals surface area contributed by atoms with E-state index >= 15 is 0 Å². The normalized spacial score (nSPS) is 12.5. The third-order valence-electron chi connectivity index (χ3n) is 1.98. The number of aliphatic carboxylic acids is 1. The highest BCUT2D eigenvalue weighted by atomic mass is 35.5. The van der Waals surface area contributed by atoms with Crippen LogP contribution in [-0.2, 0) is 11.2 Å². The predicted molar refractivity (Wildman–Crippen MR) is 57.2 cm³/mol. The molecule has 1 aromatic carbocycles. The van der Waals surface area contributed by atoms with Gasteiger partial charge in [0.05, 0.1) is 0 Å². The molecule has 1 N–H and O–H groups in total. The van der Waals surface area contributed by atoms with Crippen molar-refractivity contribution < 1.29 is 9.90 Å². The maximum absolute atomic E-state index is 10.5. The molecule has 0 saturated carbocycles. The van der Waals surface area contributed by atoms with Gasteiger partial charge < -0.3 is 5.11 Å². The highest BCUT2D eigenvalue weighted by Gasteiger charge is 2.15. The molecule has 14 heavy (non-hydrogen) atoms. The molecular formula is C10H10Cl2O2. The number of alkyl halides is 1. The molecular weight excluding hydrogens is 223 g/mol. The van der Waals surface area contributed by atoms with Gasteiger partial charge in [0.25, 0.3) is 0 Å². The summed E-state index contributed by atoms with van der Waals surface area (Å²) >= 11 is 11.4. The Hall–Kier alpha value is -0.730. The molecule has 0 aliphatic heterocycles. The molecule has 0 fully saturated rings. The van der Waals surface area contributed by atoms with Crippen molar-refractivity contribution in [3.05, 3.63) is 34.3 Å². The van der Waals surface area contributed by atoms with Crippen LogP contribution in [0.5, 0.6) is 0 Å². The molecule has 1 atom stereocenters. The molecule has 0 aliphatic rings. The Labute approximate surface area is 92.5 Å². The van der Waals surface area contributed by atoms with Gasteiger partial charge in [0.2, 0.25) is 0 Å². The van der Waals surface area contributed by atoms with Crippen LogP contribution in [0.4, 0.5) is 0 Å². The summed E-state index contributed by atoms with van der Waals surface area (Å²) in [5.41, 5.74) is 1.88. The van der Waals surface area contributed by atoms with Gasteiger partial charge >= 0.3 is 5.97 Å². The third-order valence-corrected chi connectivity index (χ3v) is 2.55. The van der Waals surface area contributed by atoms with Crippen molar-refractivity contribution in [2.75, 3.05) is 0 Å². The minimum Gasteiger partial charge on any atom is -0.480 e. The maximum atomic E-state index is 10.5. The molecule has 2 nitrogen and oxygen atoms in total. The van der Waals surface area contributed by atoms with Crippen LogP contribution in [0.1, 0.15) is 11.1 Å². The highest BCUT2D eigenvalue weighted by Crippen LogP contribution is 2.18. The van der Waals surface area contributed by atoms with Gasteiger partial charge in [-0.25, -0.2) is 0 Å². The Morgan fingerprint density at radius 3 is 2.79 bits per heavy atom. The van der Waals surface area contributed by atoms with Gasteiger partial charge in [-0.3, -0.25) is 4.79 Å². The molecule has 1 aromatic rings. The number of halogens is 2. The number of benzene rings is 1. The Morgan fingerprint density at radius 2 is 2.21 bits per heavy atom. The lowest BCUT2D eigenvalue weighted by molar-refractivity contribution is -0.136. The average molecular weight is 233 g/mol. The van der Waals surface area contributed by atoms with E-state index in [9.17, 15) is 4.79 Å². The quantitative estimate of drug-likeness (QED) is 0.815. The summed E-state index contributed by atoms with van der Waals surface area (Å²) in [5, 5.41) is 8.34. The van der Waals surface area contributed by atoms with Crippen LogP contribution in [-0.4, -0.2) is 16.5 Å². The van der Waals surface area contributed by atoms with Crippen LogP contribution in [0.3, 0.4) is 0 Å². The SMILES string of the molecule is Cc1ccc(Cl)cc1CC(Cl)C(=O)O. The molecule has 0 amide bonds. The lowest BCUT2D eigenvalue weighted by Gasteiger charge is -2.07. The molecule has 0 saturated heterocycles. The summed E-state index contributed by atoms with van der Waals surface area (Å²) in [6.45, 7) is 1.90. The number of carboxylic acid groups (broad SMARTS) is 1. The first-order chi connectivity index (χ1) is 6.50. The Balaban J connectivity index is 2.85. The summed E-state index contributed by atoms with van der Waals surface area (Å²) in [5.74, 6) is -1.01. The number of carbonyl (C=O) groups is 1. The van der Waals surface area contributed by atoms with Gasteiger partial charge in [0, 0.05) is 5.02 Å². The minimum absolute atomic E-state index is 0.295. The number of carboxylic acids is 1. The van der Waals surface area contributed by atoms with Crippen molar-refractivity contribution in [2.24, 2.45) is 0 Å². The van der Waals surface area contributed by atoms with Crippen LogP contribution >= 0.6 is 23.2 Å². The van der Waals surface area contributed by atoms with Crippen molar-refractivity contribution in [3.63, 3.8) is 0 Å². The summed E-state index contributed by atoms with van der Waals surface area (Å²) in [4.78, 5) is 10.5. The van der Waals surface area contributed by atoms with Crippen LogP contribution in [0.2, 0.25) is 5.02 Å². The second-order valence-corrected chi connectivity index (χ2v) is 4.04. The molecule has 0 aliphatic carbocycles. The Bertz CT molecular complexity index is 350. The van der Waals surface area contributed by atoms with Gasteiger partial charge in [-0.05, 0) is 36.6 Å². The molecule has 4 heteroatoms. The standard InChI is InChI=1S/C10H10Cl2O2/c1-6-2-3-8(11)4-7(6)5-9(12)10(13)14/h2-4,9H,5H2,1H3,(H,13,14). The third kappa shape index (κ3) is 2.89. The lowest BCUT2D eigenvalue weighted by atomic mass is 10.0. The largest absolute Gasteiger partial charge is 0.480 e. The molecule has 1 rings (SSSR count). The first-order valence-corrected chi connectivity index (χ1v) is 4.94. The second-order valence-electron chi connectivity index (χ2n) is 3.08. The second kappa shape index (κ2) is 4.67. The zero-order valence-electron chi connectivity index (χ0n) is 7.63. The fourth-order valence-corrected chi connectivity index (χ4v) is 1.50. The van der Waals surface area contributed by atoms with Crippen molar-refractivity contribution in [1.29, 1.82) is 0 Å². The zero-order valence-corrected chi connectivity index (χ0v) is 9.14. The Morgan fingerprint density at radius 1 is 1.57 bits per heavy atom. The molecule has 76 valence electrons. The van der Waals surface area contributed by atoms with Crippen molar-refractivity contribution >= 4 is 29.2 Å². The van der Waals surface area contributed by atoms with E-state index < -0.39 is 11.3 Å². The smallest absolute Gasteiger partial charge is 0.321 e. The van der Waals surface area contributed by atoms with E-state index in [0.717, 1.165) is 11.1 Å². The summed E-state index contributed by atoms with van der Waals surface area (Å²) in [6, 6.07) is 5.36. The van der Waals surface area contributed by atoms with E-state index in [-0.39, 0.29) is 0 Å². The van der Waals surface area contributed by atoms with E-state index in [0.29, 0.717) is 11.4 Å². The number of hydrogen-bond acceptors (Lipinski definition) is 1. The van der Waals surface area contributed by atoms with E-state index in [2.05, 4.69) is 0 Å². The molecule has 0 aromatic heterocycles. The van der Waals surface area contributed by atoms with E-state index in [1.807, 2.05) is 13.0 Å². The van der Waals surface area contributed by atoms with Crippen LogP contribution in [0, 0.1) is 6.92 Å². The molecule has 0 heterocycles. The summed E-state index contributed by atoms with van der Waals surface area (Å²) < 4.78 is 0. The van der Waals surface area contributed by atoms with Gasteiger partial charge in [-0.15, -0.1) is 11.6 Å². The molecule has 0 bridgehead atoms. The molecule has 0 radical (unpaired) electrons. The first-order valence-electron chi connectivity index (χ1n) is 4.12. The Kier molecular flexibility index (Phi) is 3.78. The summed E-state index contributed by atoms with van der Waals surface area (Å²) in [6.07, 6.45) is 0.295. The highest BCUT2D eigenvalue weighted by molar-refractivity contribution is 6.31. The first kappa shape index (κ1) is 11.3. The van der Waals surface area contributed by atoms with Gasteiger partial charge in [0.15, 0.2) is 0 Å². The minimum atomic E-state index is -1.01. The van der Waals surface area contributed by atoms with E-state index in [4.69, 9.17) is 28.3 Å². The zero-order chi connectivity index (χ0) is 10.7. The monoisotopic (exact) mass is 232 g/mol. The molecule has 1 unspecified atom stereocenters. The van der Waals surface area contributed by atoms with Crippen molar-refractivity contribution in [3.8, 4) is 0 Å². The fourth-order valence-electron chi connectivity index (χ4n) is 1.14. The van der Waals surface area contributed by atoms with Crippen LogP contribution < -0.4 is 0 Å². The fraction of sp³-hybridized carbons (Fsp3) is 0.300. The van der Waals surface area contributed by atoms with Crippen LogP contribution in [0.15, 0.2) is 18.2 Å². The van der Waals surface area contributed by atoms with Crippen molar-refractivity contribution in [2.45, 2.75) is 18.7 Å². The predicted octanol–water partition coefficient (Wildman–Crippen LogP) is 2.88. The van der Waals surface area contributed by atoms with Gasteiger partial charge in [-0.2, -0.15) is 0 Å². The maximum Gasteiger partial charge on any atom is 0.321 e. The topological polar surface area (TPSA) is 37.3 Å². The van der Waals surface area contributed by atoms with E-state index in [1.54, 1.807) is 12.1 Å². The van der Waals surface area contributed by atoms with Crippen LogP contribution in [0.25, 0.3) is 0 Å². The lowest BCUT2D eigenvalue weighted by Crippen LogP contribution is -2.16. The van der Waals surface area contributed by atoms with E-state index in [1.165, 1.54) is 0 Å². The van der Waals surface area contributed by atoms with Gasteiger partial charge in [0.1, 0.15) is 5.38 Å². The van der Waals surface area contributed by atoms with Gasteiger partial charge in [-0.1, -0.05) is 17.7 Å². The summed E-state index contributed by atoms with van der Waals surface area (Å²) in [7, 11) is 0. The number of aryl methyl sites for hydroxylation is 1. The molecule has 0 spiro atoms. The van der Waals surface area contributed by atoms with Crippen molar-refractivity contribution in [1.82, 2.24) is 0 Å². The number of rotatable bonds is 3.